The summed E-state index contributed by atoms with van der Waals surface area (Å²) in [5, 5.41) is 7.81. The molecule has 3 nitrogen and oxygen atoms in total. The molecule has 0 spiro atoms. The average molecular weight is 215 g/mol. The fourth-order valence-corrected chi connectivity index (χ4v) is 1.83. The summed E-state index contributed by atoms with van der Waals surface area (Å²) < 4.78 is 1.79. The topological polar surface area (TPSA) is 30.7 Å². The van der Waals surface area contributed by atoms with Crippen molar-refractivity contribution in [2.45, 2.75) is 20.3 Å². The van der Waals surface area contributed by atoms with E-state index in [0.717, 1.165) is 12.1 Å². The van der Waals surface area contributed by atoms with Gasteiger partial charge in [0.15, 0.2) is 0 Å². The van der Waals surface area contributed by atoms with E-state index in [1.54, 1.807) is 10.9 Å². The lowest BCUT2D eigenvalue weighted by Crippen LogP contribution is -1.95. The molecule has 1 aromatic carbocycles. The number of hydrogen-bond acceptors (Lipinski definition) is 2. The zero-order chi connectivity index (χ0) is 11.5. The molecule has 0 bridgehead atoms. The van der Waals surface area contributed by atoms with Crippen LogP contribution in [0.25, 0.3) is 11.3 Å². The first kappa shape index (κ1) is 10.9. The lowest BCUT2D eigenvalue weighted by atomic mass is 10.0. The van der Waals surface area contributed by atoms with Crippen LogP contribution in [0.15, 0.2) is 30.5 Å². The zero-order valence-corrected chi connectivity index (χ0v) is 10.0. The van der Waals surface area contributed by atoms with Crippen molar-refractivity contribution in [3.8, 4) is 11.3 Å². The lowest BCUT2D eigenvalue weighted by molar-refractivity contribution is 0.647. The van der Waals surface area contributed by atoms with E-state index in [0.29, 0.717) is 5.92 Å². The molecule has 0 saturated carbocycles. The van der Waals surface area contributed by atoms with Gasteiger partial charge in [-0.2, -0.15) is 0 Å². The van der Waals surface area contributed by atoms with Gasteiger partial charge in [0.2, 0.25) is 0 Å². The second-order valence-corrected chi connectivity index (χ2v) is 4.54. The Bertz CT molecular complexity index is 454. The second-order valence-electron chi connectivity index (χ2n) is 4.54. The average Bonchev–Trinajstić information content (AvgIpc) is 2.65. The summed E-state index contributed by atoms with van der Waals surface area (Å²) in [7, 11) is 1.91. The van der Waals surface area contributed by atoms with Crippen molar-refractivity contribution in [3.05, 3.63) is 36.0 Å². The molecular formula is C13H17N3. The zero-order valence-electron chi connectivity index (χ0n) is 10.0. The summed E-state index contributed by atoms with van der Waals surface area (Å²) in [6, 6.07) is 8.64. The van der Waals surface area contributed by atoms with Crippen molar-refractivity contribution in [1.29, 1.82) is 0 Å². The monoisotopic (exact) mass is 215 g/mol. The number of hydrogen-bond donors (Lipinski definition) is 0. The van der Waals surface area contributed by atoms with Gasteiger partial charge >= 0.3 is 0 Å². The second kappa shape index (κ2) is 4.47. The first-order valence-electron chi connectivity index (χ1n) is 5.61. The van der Waals surface area contributed by atoms with Crippen molar-refractivity contribution in [3.63, 3.8) is 0 Å². The van der Waals surface area contributed by atoms with Crippen molar-refractivity contribution >= 4 is 0 Å². The SMILES string of the molecule is CC(C)Cc1ccc(-c2cnnn2C)cc1. The molecule has 84 valence electrons. The molecule has 2 aromatic rings. The first-order valence-corrected chi connectivity index (χ1v) is 5.61. The standard InChI is InChI=1S/C13H17N3/c1-10(2)8-11-4-6-12(7-5-11)13-9-14-15-16(13)3/h4-7,9-10H,8H2,1-3H3. The van der Waals surface area contributed by atoms with E-state index < -0.39 is 0 Å². The van der Waals surface area contributed by atoms with E-state index in [2.05, 4.69) is 48.4 Å². The highest BCUT2D eigenvalue weighted by atomic mass is 15.4. The number of aromatic nitrogens is 3. The van der Waals surface area contributed by atoms with Crippen molar-refractivity contribution in [2.24, 2.45) is 13.0 Å². The Labute approximate surface area is 96.1 Å². The van der Waals surface area contributed by atoms with Crippen LogP contribution < -0.4 is 0 Å². The van der Waals surface area contributed by atoms with E-state index in [-0.39, 0.29) is 0 Å². The molecule has 3 heteroatoms. The van der Waals surface area contributed by atoms with Gasteiger partial charge in [-0.15, -0.1) is 5.10 Å². The van der Waals surface area contributed by atoms with E-state index in [1.807, 2.05) is 7.05 Å². The van der Waals surface area contributed by atoms with Crippen LogP contribution in [0.1, 0.15) is 19.4 Å². The molecule has 0 aliphatic carbocycles. The third kappa shape index (κ3) is 2.30. The molecule has 16 heavy (non-hydrogen) atoms. The Balaban J connectivity index is 2.23. The third-order valence-electron chi connectivity index (χ3n) is 2.61. The highest BCUT2D eigenvalue weighted by molar-refractivity contribution is 5.58. The summed E-state index contributed by atoms with van der Waals surface area (Å²) in [5.41, 5.74) is 3.60. The number of benzene rings is 1. The Morgan fingerprint density at radius 1 is 1.19 bits per heavy atom. The minimum Gasteiger partial charge on any atom is -0.248 e. The molecule has 0 fully saturated rings. The van der Waals surface area contributed by atoms with Crippen LogP contribution in [0, 0.1) is 5.92 Å². The molecular weight excluding hydrogens is 198 g/mol. The summed E-state index contributed by atoms with van der Waals surface area (Å²) in [4.78, 5) is 0. The molecule has 0 N–H and O–H groups in total. The van der Waals surface area contributed by atoms with Crippen molar-refractivity contribution < 1.29 is 0 Å². The van der Waals surface area contributed by atoms with Gasteiger partial charge in [-0.1, -0.05) is 43.3 Å². The van der Waals surface area contributed by atoms with Gasteiger partial charge in [0.25, 0.3) is 0 Å². The van der Waals surface area contributed by atoms with Gasteiger partial charge in [0.1, 0.15) is 0 Å². The molecule has 1 aromatic heterocycles. The predicted molar refractivity (Wildman–Crippen MR) is 65.0 cm³/mol. The minimum atomic E-state index is 0.698. The normalized spacial score (nSPS) is 11.0. The van der Waals surface area contributed by atoms with Crippen LogP contribution in [0.4, 0.5) is 0 Å². The van der Waals surface area contributed by atoms with Crippen LogP contribution in [0.5, 0.6) is 0 Å². The summed E-state index contributed by atoms with van der Waals surface area (Å²) in [6.45, 7) is 4.47. The number of nitrogens with zero attached hydrogens (tertiary/aromatic N) is 3. The highest BCUT2D eigenvalue weighted by Crippen LogP contribution is 2.18. The molecule has 0 radical (unpaired) electrons. The summed E-state index contributed by atoms with van der Waals surface area (Å²) in [5.74, 6) is 0.698. The molecule has 0 atom stereocenters. The molecule has 0 saturated heterocycles. The van der Waals surface area contributed by atoms with Gasteiger partial charge < -0.3 is 0 Å². The van der Waals surface area contributed by atoms with E-state index in [1.165, 1.54) is 11.1 Å². The smallest absolute Gasteiger partial charge is 0.0882 e. The van der Waals surface area contributed by atoms with Gasteiger partial charge in [-0.3, -0.25) is 0 Å². The van der Waals surface area contributed by atoms with Gasteiger partial charge in [0.05, 0.1) is 11.9 Å². The van der Waals surface area contributed by atoms with Crippen molar-refractivity contribution in [2.75, 3.05) is 0 Å². The van der Waals surface area contributed by atoms with Crippen molar-refractivity contribution in [1.82, 2.24) is 15.0 Å². The summed E-state index contributed by atoms with van der Waals surface area (Å²) >= 11 is 0. The number of rotatable bonds is 3. The summed E-state index contributed by atoms with van der Waals surface area (Å²) in [6.07, 6.45) is 2.92. The van der Waals surface area contributed by atoms with Crippen LogP contribution in [-0.4, -0.2) is 15.0 Å². The predicted octanol–water partition coefficient (Wildman–Crippen LogP) is 2.68. The van der Waals surface area contributed by atoms with E-state index >= 15 is 0 Å². The Morgan fingerprint density at radius 2 is 1.88 bits per heavy atom. The maximum atomic E-state index is 3.93. The lowest BCUT2D eigenvalue weighted by Gasteiger charge is -2.06. The largest absolute Gasteiger partial charge is 0.248 e. The fourth-order valence-electron chi connectivity index (χ4n) is 1.83. The fraction of sp³-hybridized carbons (Fsp3) is 0.385. The molecule has 0 amide bonds. The van der Waals surface area contributed by atoms with Gasteiger partial charge in [0, 0.05) is 12.6 Å². The molecule has 2 rings (SSSR count). The van der Waals surface area contributed by atoms with Crippen LogP contribution in [0.3, 0.4) is 0 Å². The number of aryl methyl sites for hydroxylation is 1. The first-order chi connectivity index (χ1) is 7.66. The van der Waals surface area contributed by atoms with E-state index in [9.17, 15) is 0 Å². The minimum absolute atomic E-state index is 0.698. The Morgan fingerprint density at radius 3 is 2.38 bits per heavy atom. The highest BCUT2D eigenvalue weighted by Gasteiger charge is 2.03. The maximum absolute atomic E-state index is 3.93. The van der Waals surface area contributed by atoms with E-state index in [4.69, 9.17) is 0 Å². The third-order valence-corrected chi connectivity index (χ3v) is 2.61. The Hall–Kier alpha value is -1.64. The van der Waals surface area contributed by atoms with Crippen LogP contribution in [-0.2, 0) is 13.5 Å². The van der Waals surface area contributed by atoms with Crippen LogP contribution >= 0.6 is 0 Å². The quantitative estimate of drug-likeness (QED) is 0.788. The van der Waals surface area contributed by atoms with Gasteiger partial charge in [-0.05, 0) is 17.9 Å². The molecule has 0 unspecified atom stereocenters. The Kier molecular flexibility index (Phi) is 3.04. The van der Waals surface area contributed by atoms with Crippen LogP contribution in [0.2, 0.25) is 0 Å². The molecule has 0 aliphatic heterocycles. The molecule has 1 heterocycles. The maximum Gasteiger partial charge on any atom is 0.0882 e. The van der Waals surface area contributed by atoms with Gasteiger partial charge in [-0.25, -0.2) is 4.68 Å². The molecule has 0 aliphatic rings.